The van der Waals surface area contributed by atoms with E-state index in [9.17, 15) is 0 Å². The van der Waals surface area contributed by atoms with E-state index in [0.717, 1.165) is 37.1 Å². The Morgan fingerprint density at radius 2 is 1.96 bits per heavy atom. The highest BCUT2D eigenvalue weighted by atomic mass is 127. The van der Waals surface area contributed by atoms with Crippen molar-refractivity contribution in [3.8, 4) is 0 Å². The van der Waals surface area contributed by atoms with Crippen LogP contribution in [0.4, 0.5) is 0 Å². The van der Waals surface area contributed by atoms with Crippen LogP contribution in [0.25, 0.3) is 0 Å². The standard InChI is InChI=1S/C19H35N5.HI/c1-14(2)12-19(9-7-10-19)13-22-18(20-5)21-11-8-17-15(3)23-24(6)16(17)4;/h14H,7-13H2,1-6H3,(H2,20,21,22);1H. The summed E-state index contributed by atoms with van der Waals surface area (Å²) in [4.78, 5) is 4.38. The smallest absolute Gasteiger partial charge is 0.191 e. The lowest BCUT2D eigenvalue weighted by atomic mass is 9.64. The SMILES string of the molecule is CN=C(NCCc1c(C)nn(C)c1C)NCC1(CC(C)C)CCC1.I. The summed E-state index contributed by atoms with van der Waals surface area (Å²) < 4.78 is 1.96. The van der Waals surface area contributed by atoms with Crippen molar-refractivity contribution in [3.63, 3.8) is 0 Å². The van der Waals surface area contributed by atoms with Crippen molar-refractivity contribution < 1.29 is 0 Å². The van der Waals surface area contributed by atoms with Gasteiger partial charge in [-0.2, -0.15) is 5.10 Å². The lowest BCUT2D eigenvalue weighted by molar-refractivity contribution is 0.104. The molecule has 1 heterocycles. The summed E-state index contributed by atoms with van der Waals surface area (Å²) in [7, 11) is 3.86. The molecule has 0 aromatic carbocycles. The average Bonchev–Trinajstić information content (AvgIpc) is 2.73. The Bertz CT molecular complexity index is 573. The molecule has 25 heavy (non-hydrogen) atoms. The molecule has 144 valence electrons. The minimum atomic E-state index is 0. The Hall–Kier alpha value is -0.790. The molecule has 1 fully saturated rings. The normalized spacial score (nSPS) is 16.4. The summed E-state index contributed by atoms with van der Waals surface area (Å²) in [5, 5.41) is 11.5. The van der Waals surface area contributed by atoms with Gasteiger partial charge in [0.25, 0.3) is 0 Å². The summed E-state index contributed by atoms with van der Waals surface area (Å²) in [5.74, 6) is 1.68. The lowest BCUT2D eigenvalue weighted by Crippen LogP contribution is -2.47. The van der Waals surface area contributed by atoms with Crippen LogP contribution in [0.5, 0.6) is 0 Å². The first-order valence-corrected chi connectivity index (χ1v) is 9.30. The molecule has 0 atom stereocenters. The topological polar surface area (TPSA) is 54.2 Å². The number of nitrogens with one attached hydrogen (secondary N) is 2. The number of aromatic nitrogens is 2. The monoisotopic (exact) mass is 461 g/mol. The molecule has 0 spiro atoms. The zero-order valence-electron chi connectivity index (χ0n) is 16.8. The molecule has 0 aliphatic heterocycles. The molecule has 0 saturated heterocycles. The summed E-state index contributed by atoms with van der Waals surface area (Å²) in [6.45, 7) is 10.8. The number of aliphatic imine (C=N–C) groups is 1. The van der Waals surface area contributed by atoms with Gasteiger partial charge in [0.05, 0.1) is 5.69 Å². The Morgan fingerprint density at radius 3 is 2.40 bits per heavy atom. The molecule has 1 aliphatic rings. The Labute approximate surface area is 170 Å². The number of halogens is 1. The summed E-state index contributed by atoms with van der Waals surface area (Å²) in [6.07, 6.45) is 6.36. The van der Waals surface area contributed by atoms with E-state index in [4.69, 9.17) is 0 Å². The van der Waals surface area contributed by atoms with Crippen molar-refractivity contribution in [1.82, 2.24) is 20.4 Å². The maximum atomic E-state index is 4.49. The number of nitrogens with zero attached hydrogens (tertiary/aromatic N) is 3. The third-order valence-corrected chi connectivity index (χ3v) is 5.44. The molecule has 6 heteroatoms. The first-order chi connectivity index (χ1) is 11.4. The second kappa shape index (κ2) is 9.78. The van der Waals surface area contributed by atoms with Gasteiger partial charge in [-0.3, -0.25) is 9.67 Å². The first kappa shape index (κ1) is 22.3. The fraction of sp³-hybridized carbons (Fsp3) is 0.789. The Morgan fingerprint density at radius 1 is 1.28 bits per heavy atom. The predicted molar refractivity (Wildman–Crippen MR) is 117 cm³/mol. The van der Waals surface area contributed by atoms with Crippen molar-refractivity contribution in [2.75, 3.05) is 20.1 Å². The minimum Gasteiger partial charge on any atom is -0.356 e. The summed E-state index contributed by atoms with van der Waals surface area (Å²) >= 11 is 0. The molecule has 2 N–H and O–H groups in total. The van der Waals surface area contributed by atoms with Gasteiger partial charge in [-0.15, -0.1) is 24.0 Å². The number of aryl methyl sites for hydroxylation is 2. The highest BCUT2D eigenvalue weighted by molar-refractivity contribution is 14.0. The summed E-state index contributed by atoms with van der Waals surface area (Å²) in [5.41, 5.74) is 4.21. The van der Waals surface area contributed by atoms with E-state index < -0.39 is 0 Å². The van der Waals surface area contributed by atoms with Gasteiger partial charge in [0.15, 0.2) is 5.96 Å². The van der Waals surface area contributed by atoms with Crippen LogP contribution >= 0.6 is 24.0 Å². The third kappa shape index (κ3) is 5.86. The Kier molecular flexibility index (Phi) is 8.71. The highest BCUT2D eigenvalue weighted by Gasteiger charge is 2.37. The predicted octanol–water partition coefficient (Wildman–Crippen LogP) is 3.58. The van der Waals surface area contributed by atoms with Gasteiger partial charge >= 0.3 is 0 Å². The van der Waals surface area contributed by atoms with Gasteiger partial charge in [-0.05, 0) is 56.4 Å². The third-order valence-electron chi connectivity index (χ3n) is 5.44. The second-order valence-electron chi connectivity index (χ2n) is 7.83. The van der Waals surface area contributed by atoms with Crippen LogP contribution < -0.4 is 10.6 Å². The van der Waals surface area contributed by atoms with E-state index in [2.05, 4.69) is 48.4 Å². The molecule has 5 nitrogen and oxygen atoms in total. The molecular formula is C19H36IN5. The molecule has 2 rings (SSSR count). The molecule has 1 aromatic rings. The molecule has 1 aliphatic carbocycles. The molecule has 0 radical (unpaired) electrons. The van der Waals surface area contributed by atoms with Crippen molar-refractivity contribution in [2.24, 2.45) is 23.4 Å². The average molecular weight is 461 g/mol. The Balaban J connectivity index is 0.00000312. The van der Waals surface area contributed by atoms with Gasteiger partial charge in [0.1, 0.15) is 0 Å². The molecule has 0 bridgehead atoms. The van der Waals surface area contributed by atoms with Crippen LogP contribution in [0.1, 0.15) is 56.5 Å². The van der Waals surface area contributed by atoms with Crippen molar-refractivity contribution in [1.29, 1.82) is 0 Å². The summed E-state index contributed by atoms with van der Waals surface area (Å²) in [6, 6.07) is 0. The zero-order chi connectivity index (χ0) is 17.7. The van der Waals surface area contributed by atoms with E-state index in [1.807, 2.05) is 18.8 Å². The fourth-order valence-corrected chi connectivity index (χ4v) is 3.97. The number of guanidine groups is 1. The molecule has 1 saturated carbocycles. The zero-order valence-corrected chi connectivity index (χ0v) is 19.1. The van der Waals surface area contributed by atoms with Crippen molar-refractivity contribution in [3.05, 3.63) is 17.0 Å². The maximum Gasteiger partial charge on any atom is 0.191 e. The maximum absolute atomic E-state index is 4.49. The van der Waals surface area contributed by atoms with E-state index >= 15 is 0 Å². The van der Waals surface area contributed by atoms with Crippen LogP contribution in [0.15, 0.2) is 4.99 Å². The quantitative estimate of drug-likeness (QED) is 0.371. The van der Waals surface area contributed by atoms with Gasteiger partial charge in [0, 0.05) is 32.9 Å². The molecule has 0 amide bonds. The molecule has 0 unspecified atom stereocenters. The van der Waals surface area contributed by atoms with Gasteiger partial charge < -0.3 is 10.6 Å². The number of hydrogen-bond acceptors (Lipinski definition) is 2. The lowest BCUT2D eigenvalue weighted by Gasteiger charge is -2.43. The van der Waals surface area contributed by atoms with Crippen LogP contribution in [0, 0.1) is 25.2 Å². The highest BCUT2D eigenvalue weighted by Crippen LogP contribution is 2.45. The van der Waals surface area contributed by atoms with E-state index in [-0.39, 0.29) is 24.0 Å². The molecular weight excluding hydrogens is 425 g/mol. The van der Waals surface area contributed by atoms with Crippen LogP contribution in [-0.4, -0.2) is 35.9 Å². The van der Waals surface area contributed by atoms with Crippen molar-refractivity contribution in [2.45, 2.75) is 59.8 Å². The molecule has 1 aromatic heterocycles. The number of rotatable bonds is 7. The van der Waals surface area contributed by atoms with E-state index in [1.165, 1.54) is 36.9 Å². The van der Waals surface area contributed by atoms with Gasteiger partial charge in [0.2, 0.25) is 0 Å². The van der Waals surface area contributed by atoms with Gasteiger partial charge in [-0.1, -0.05) is 20.3 Å². The number of hydrogen-bond donors (Lipinski definition) is 2. The van der Waals surface area contributed by atoms with Crippen molar-refractivity contribution >= 4 is 29.9 Å². The van der Waals surface area contributed by atoms with E-state index in [0.29, 0.717) is 5.41 Å². The fourth-order valence-electron chi connectivity index (χ4n) is 3.97. The van der Waals surface area contributed by atoms with Crippen LogP contribution in [0.2, 0.25) is 0 Å². The second-order valence-corrected chi connectivity index (χ2v) is 7.83. The van der Waals surface area contributed by atoms with Crippen LogP contribution in [-0.2, 0) is 13.5 Å². The largest absolute Gasteiger partial charge is 0.356 e. The minimum absolute atomic E-state index is 0. The van der Waals surface area contributed by atoms with Gasteiger partial charge in [-0.25, -0.2) is 0 Å². The van der Waals surface area contributed by atoms with E-state index in [1.54, 1.807) is 0 Å². The first-order valence-electron chi connectivity index (χ1n) is 9.30. The van der Waals surface area contributed by atoms with Crippen LogP contribution in [0.3, 0.4) is 0 Å².